The maximum atomic E-state index is 12.0. The molecule has 0 spiro atoms. The monoisotopic (exact) mass is 355 g/mol. The fraction of sp³-hybridized carbons (Fsp3) is 0.300. The van der Waals surface area contributed by atoms with Crippen LogP contribution in [0.3, 0.4) is 0 Å². The van der Waals surface area contributed by atoms with E-state index in [2.05, 4.69) is 16.0 Å². The molecule has 0 aromatic heterocycles. The Balaban J connectivity index is 1.87. The highest BCUT2D eigenvalue weighted by molar-refractivity contribution is 5.99. The SMILES string of the molecule is Cc1ccc(NC(=O)Nc2ccc(CC(=O)NC(C)(C)CO)cc2)cc1. The van der Waals surface area contributed by atoms with Crippen molar-refractivity contribution >= 4 is 23.3 Å². The Bertz CT molecular complexity index is 753. The van der Waals surface area contributed by atoms with Crippen molar-refractivity contribution in [3.8, 4) is 0 Å². The van der Waals surface area contributed by atoms with Crippen LogP contribution in [0.2, 0.25) is 0 Å². The van der Waals surface area contributed by atoms with E-state index in [1.54, 1.807) is 38.1 Å². The topological polar surface area (TPSA) is 90.5 Å². The Labute approximate surface area is 153 Å². The molecule has 138 valence electrons. The molecule has 2 rings (SSSR count). The van der Waals surface area contributed by atoms with Crippen molar-refractivity contribution < 1.29 is 14.7 Å². The summed E-state index contributed by atoms with van der Waals surface area (Å²) >= 11 is 0. The Morgan fingerprint density at radius 2 is 1.42 bits per heavy atom. The van der Waals surface area contributed by atoms with Gasteiger partial charge in [0.2, 0.25) is 5.91 Å². The highest BCUT2D eigenvalue weighted by atomic mass is 16.3. The van der Waals surface area contributed by atoms with Gasteiger partial charge in [0.25, 0.3) is 0 Å². The normalized spacial score (nSPS) is 10.9. The summed E-state index contributed by atoms with van der Waals surface area (Å²) in [6.07, 6.45) is 0.208. The number of aliphatic hydroxyl groups is 1. The van der Waals surface area contributed by atoms with E-state index in [1.807, 2.05) is 31.2 Å². The number of amides is 3. The van der Waals surface area contributed by atoms with Gasteiger partial charge in [-0.1, -0.05) is 29.8 Å². The minimum Gasteiger partial charge on any atom is -0.394 e. The van der Waals surface area contributed by atoms with Gasteiger partial charge < -0.3 is 21.1 Å². The Hall–Kier alpha value is -2.86. The smallest absolute Gasteiger partial charge is 0.323 e. The first-order valence-corrected chi connectivity index (χ1v) is 8.43. The van der Waals surface area contributed by atoms with Crippen LogP contribution in [0.25, 0.3) is 0 Å². The van der Waals surface area contributed by atoms with Gasteiger partial charge in [0, 0.05) is 11.4 Å². The Morgan fingerprint density at radius 1 is 0.923 bits per heavy atom. The first kappa shape index (κ1) is 19.5. The zero-order valence-electron chi connectivity index (χ0n) is 15.3. The molecule has 0 radical (unpaired) electrons. The quantitative estimate of drug-likeness (QED) is 0.642. The van der Waals surface area contributed by atoms with Crippen molar-refractivity contribution in [1.29, 1.82) is 0 Å². The van der Waals surface area contributed by atoms with E-state index in [1.165, 1.54) is 0 Å². The van der Waals surface area contributed by atoms with Crippen LogP contribution in [-0.4, -0.2) is 29.2 Å². The molecule has 0 saturated carbocycles. The lowest BCUT2D eigenvalue weighted by Crippen LogP contribution is -2.46. The van der Waals surface area contributed by atoms with Gasteiger partial charge >= 0.3 is 6.03 Å². The van der Waals surface area contributed by atoms with Crippen LogP contribution in [0.4, 0.5) is 16.2 Å². The van der Waals surface area contributed by atoms with Crippen LogP contribution in [0.5, 0.6) is 0 Å². The van der Waals surface area contributed by atoms with Crippen LogP contribution in [0.15, 0.2) is 48.5 Å². The fourth-order valence-electron chi connectivity index (χ4n) is 2.28. The highest BCUT2D eigenvalue weighted by Gasteiger charge is 2.18. The van der Waals surface area contributed by atoms with E-state index >= 15 is 0 Å². The number of hydrogen-bond acceptors (Lipinski definition) is 3. The molecule has 0 heterocycles. The average molecular weight is 355 g/mol. The van der Waals surface area contributed by atoms with Crippen molar-refractivity contribution in [3.05, 3.63) is 59.7 Å². The van der Waals surface area contributed by atoms with E-state index in [0.717, 1.165) is 11.1 Å². The molecule has 6 heteroatoms. The predicted molar refractivity (Wildman–Crippen MR) is 103 cm³/mol. The predicted octanol–water partition coefficient (Wildman–Crippen LogP) is 3.07. The highest BCUT2D eigenvalue weighted by Crippen LogP contribution is 2.13. The number of benzene rings is 2. The fourth-order valence-corrected chi connectivity index (χ4v) is 2.28. The van der Waals surface area contributed by atoms with E-state index in [0.29, 0.717) is 11.4 Å². The van der Waals surface area contributed by atoms with Gasteiger partial charge in [0.15, 0.2) is 0 Å². The molecule has 6 nitrogen and oxygen atoms in total. The van der Waals surface area contributed by atoms with Crippen molar-refractivity contribution in [2.75, 3.05) is 17.2 Å². The summed E-state index contributed by atoms with van der Waals surface area (Å²) in [5, 5.41) is 17.5. The van der Waals surface area contributed by atoms with E-state index in [9.17, 15) is 14.7 Å². The molecular weight excluding hydrogens is 330 g/mol. The molecular formula is C20H25N3O3. The summed E-state index contributed by atoms with van der Waals surface area (Å²) in [6, 6.07) is 14.3. The largest absolute Gasteiger partial charge is 0.394 e. The number of anilines is 2. The third-order valence-corrected chi connectivity index (χ3v) is 3.76. The molecule has 0 fully saturated rings. The zero-order chi connectivity index (χ0) is 19.2. The summed E-state index contributed by atoms with van der Waals surface area (Å²) in [7, 11) is 0. The van der Waals surface area contributed by atoms with Crippen LogP contribution in [0.1, 0.15) is 25.0 Å². The third kappa shape index (κ3) is 6.22. The van der Waals surface area contributed by atoms with Gasteiger partial charge in [-0.3, -0.25) is 4.79 Å². The standard InChI is InChI=1S/C20H25N3O3/c1-14-4-8-16(9-5-14)21-19(26)22-17-10-6-15(7-11-17)12-18(25)23-20(2,3)13-24/h4-11,24H,12-13H2,1-3H3,(H,23,25)(H2,21,22,26). The molecule has 0 aliphatic rings. The third-order valence-electron chi connectivity index (χ3n) is 3.76. The second-order valence-electron chi connectivity index (χ2n) is 6.91. The molecule has 2 aromatic carbocycles. The number of nitrogens with one attached hydrogen (secondary N) is 3. The molecule has 0 atom stereocenters. The average Bonchev–Trinajstić information content (AvgIpc) is 2.58. The van der Waals surface area contributed by atoms with Gasteiger partial charge in [0.1, 0.15) is 0 Å². The molecule has 0 aliphatic heterocycles. The number of carbonyl (C=O) groups is 2. The van der Waals surface area contributed by atoms with Crippen molar-refractivity contribution in [1.82, 2.24) is 5.32 Å². The number of hydrogen-bond donors (Lipinski definition) is 4. The van der Waals surface area contributed by atoms with E-state index in [4.69, 9.17) is 0 Å². The number of rotatable bonds is 6. The molecule has 3 amide bonds. The second-order valence-corrected chi connectivity index (χ2v) is 6.91. The molecule has 0 aliphatic carbocycles. The van der Waals surface area contributed by atoms with Crippen LogP contribution < -0.4 is 16.0 Å². The minimum absolute atomic E-state index is 0.127. The summed E-state index contributed by atoms with van der Waals surface area (Å²) < 4.78 is 0. The number of aryl methyl sites for hydroxylation is 1. The minimum atomic E-state index is -0.646. The molecule has 0 saturated heterocycles. The lowest BCUT2D eigenvalue weighted by atomic mass is 10.1. The molecule has 4 N–H and O–H groups in total. The van der Waals surface area contributed by atoms with Crippen molar-refractivity contribution in [2.24, 2.45) is 0 Å². The van der Waals surface area contributed by atoms with Gasteiger partial charge in [-0.25, -0.2) is 4.79 Å². The molecule has 0 bridgehead atoms. The van der Waals surface area contributed by atoms with Gasteiger partial charge in [0.05, 0.1) is 18.6 Å². The number of urea groups is 1. The first-order chi connectivity index (χ1) is 12.3. The van der Waals surface area contributed by atoms with Gasteiger partial charge in [-0.2, -0.15) is 0 Å². The van der Waals surface area contributed by atoms with Gasteiger partial charge in [-0.05, 0) is 50.6 Å². The first-order valence-electron chi connectivity index (χ1n) is 8.43. The summed E-state index contributed by atoms with van der Waals surface area (Å²) in [5.41, 5.74) is 2.65. The summed E-state index contributed by atoms with van der Waals surface area (Å²) in [5.74, 6) is -0.165. The molecule has 26 heavy (non-hydrogen) atoms. The lowest BCUT2D eigenvalue weighted by molar-refractivity contribution is -0.122. The van der Waals surface area contributed by atoms with E-state index in [-0.39, 0.29) is 25.0 Å². The maximum Gasteiger partial charge on any atom is 0.323 e. The van der Waals surface area contributed by atoms with Crippen molar-refractivity contribution in [2.45, 2.75) is 32.7 Å². The summed E-state index contributed by atoms with van der Waals surface area (Å²) in [4.78, 5) is 24.0. The van der Waals surface area contributed by atoms with Crippen LogP contribution in [0, 0.1) is 6.92 Å². The van der Waals surface area contributed by atoms with Crippen LogP contribution >= 0.6 is 0 Å². The maximum absolute atomic E-state index is 12.0. The number of carbonyl (C=O) groups excluding carboxylic acids is 2. The lowest BCUT2D eigenvalue weighted by Gasteiger charge is -2.23. The van der Waals surface area contributed by atoms with E-state index < -0.39 is 5.54 Å². The van der Waals surface area contributed by atoms with Crippen molar-refractivity contribution in [3.63, 3.8) is 0 Å². The summed E-state index contributed by atoms with van der Waals surface area (Å²) in [6.45, 7) is 5.36. The second kappa shape index (κ2) is 8.49. The molecule has 0 unspecified atom stereocenters. The molecule has 2 aromatic rings. The Kier molecular flexibility index (Phi) is 6.36. The zero-order valence-corrected chi connectivity index (χ0v) is 15.3. The van der Waals surface area contributed by atoms with Crippen LogP contribution in [-0.2, 0) is 11.2 Å². The van der Waals surface area contributed by atoms with Gasteiger partial charge in [-0.15, -0.1) is 0 Å². The Morgan fingerprint density at radius 3 is 1.92 bits per heavy atom. The number of aliphatic hydroxyl groups excluding tert-OH is 1.